The number of hydrogen-bond acceptors (Lipinski definition) is 4. The van der Waals surface area contributed by atoms with Crippen LogP contribution in [0.2, 0.25) is 10.0 Å². The Bertz CT molecular complexity index is 1060. The monoisotopic (exact) mass is 437 g/mol. The Balaban J connectivity index is 1.60. The van der Waals surface area contributed by atoms with Gasteiger partial charge in [0.05, 0.1) is 28.4 Å². The lowest BCUT2D eigenvalue weighted by Gasteiger charge is -2.43. The molecular weight excluding hydrogens is 417 g/mol. The number of rotatable bonds is 4. The first-order valence-corrected chi connectivity index (χ1v) is 10.5. The molecular formula is C24H21Cl2N3O. The third-order valence-corrected chi connectivity index (χ3v) is 6.00. The van der Waals surface area contributed by atoms with Gasteiger partial charge in [0.2, 0.25) is 0 Å². The molecule has 1 aliphatic rings. The van der Waals surface area contributed by atoms with E-state index in [-0.39, 0.29) is 11.8 Å². The van der Waals surface area contributed by atoms with Gasteiger partial charge in [-0.25, -0.2) is 0 Å². The average Bonchev–Trinajstić information content (AvgIpc) is 2.75. The minimum Gasteiger partial charge on any atom is -0.508 e. The van der Waals surface area contributed by atoms with Crippen LogP contribution in [0.15, 0.2) is 66.7 Å². The van der Waals surface area contributed by atoms with Gasteiger partial charge in [-0.15, -0.1) is 0 Å². The maximum Gasteiger partial charge on any atom is 0.117 e. The summed E-state index contributed by atoms with van der Waals surface area (Å²) in [4.78, 5) is 4.70. The summed E-state index contributed by atoms with van der Waals surface area (Å²) < 4.78 is 0. The van der Waals surface area contributed by atoms with E-state index in [1.54, 1.807) is 12.1 Å². The maximum absolute atomic E-state index is 9.75. The first-order valence-electron chi connectivity index (χ1n) is 9.75. The van der Waals surface area contributed by atoms with Crippen LogP contribution in [0.25, 0.3) is 0 Å². The van der Waals surface area contributed by atoms with Crippen molar-refractivity contribution in [3.05, 3.63) is 93.5 Å². The van der Waals surface area contributed by atoms with Crippen molar-refractivity contribution in [1.29, 1.82) is 5.26 Å². The smallest absolute Gasteiger partial charge is 0.117 e. The Hall–Kier alpha value is -2.71. The molecule has 4 rings (SSSR count). The first kappa shape index (κ1) is 20.6. The normalized spacial score (nSPS) is 17.0. The number of benzene rings is 3. The lowest BCUT2D eigenvalue weighted by Crippen LogP contribution is -2.48. The zero-order valence-electron chi connectivity index (χ0n) is 16.3. The standard InChI is InChI=1S/C24H21Cl2N3O/c25-20-7-5-19(6-8-20)24-16-28(15-18-3-1-17(14-27)2-4-18)11-12-29(24)23-10-9-21(30)13-22(23)26/h1-10,13,24,30H,11-12,15-16H2/t24-/m0/s1. The zero-order valence-corrected chi connectivity index (χ0v) is 17.8. The molecule has 3 aromatic rings. The number of halogens is 2. The number of phenolic OH excluding ortho intramolecular Hbond substituents is 1. The molecule has 0 spiro atoms. The highest BCUT2D eigenvalue weighted by atomic mass is 35.5. The molecule has 1 heterocycles. The average molecular weight is 438 g/mol. The Morgan fingerprint density at radius 1 is 0.967 bits per heavy atom. The quantitative estimate of drug-likeness (QED) is 0.573. The molecule has 0 unspecified atom stereocenters. The van der Waals surface area contributed by atoms with E-state index in [0.717, 1.165) is 37.4 Å². The van der Waals surface area contributed by atoms with Gasteiger partial charge in [0.15, 0.2) is 0 Å². The van der Waals surface area contributed by atoms with Gasteiger partial charge in [0.1, 0.15) is 5.75 Å². The number of hydrogen-bond donors (Lipinski definition) is 1. The molecule has 1 saturated heterocycles. The van der Waals surface area contributed by atoms with Crippen LogP contribution < -0.4 is 4.90 Å². The van der Waals surface area contributed by atoms with E-state index >= 15 is 0 Å². The predicted molar refractivity (Wildman–Crippen MR) is 121 cm³/mol. The van der Waals surface area contributed by atoms with E-state index in [2.05, 4.69) is 28.0 Å². The number of aromatic hydroxyl groups is 1. The summed E-state index contributed by atoms with van der Waals surface area (Å²) in [5.74, 6) is 0.159. The summed E-state index contributed by atoms with van der Waals surface area (Å²) in [6.07, 6.45) is 0. The Labute approximate surface area is 186 Å². The molecule has 0 saturated carbocycles. The van der Waals surface area contributed by atoms with Crippen LogP contribution in [0.5, 0.6) is 5.75 Å². The molecule has 4 nitrogen and oxygen atoms in total. The first-order chi connectivity index (χ1) is 14.5. The highest BCUT2D eigenvalue weighted by Crippen LogP contribution is 2.37. The van der Waals surface area contributed by atoms with Crippen LogP contribution in [0.1, 0.15) is 22.7 Å². The van der Waals surface area contributed by atoms with Crippen molar-refractivity contribution in [3.63, 3.8) is 0 Å². The topological polar surface area (TPSA) is 50.5 Å². The largest absolute Gasteiger partial charge is 0.508 e. The minimum absolute atomic E-state index is 0.0939. The predicted octanol–water partition coefficient (Wildman–Crippen LogP) is 5.63. The highest BCUT2D eigenvalue weighted by molar-refractivity contribution is 6.33. The van der Waals surface area contributed by atoms with Gasteiger partial charge in [0, 0.05) is 37.3 Å². The second kappa shape index (κ2) is 8.97. The third kappa shape index (κ3) is 4.55. The lowest BCUT2D eigenvalue weighted by molar-refractivity contribution is 0.215. The number of piperazine rings is 1. The molecule has 0 aliphatic carbocycles. The highest BCUT2D eigenvalue weighted by Gasteiger charge is 2.29. The van der Waals surface area contributed by atoms with Gasteiger partial charge in [-0.1, -0.05) is 47.5 Å². The van der Waals surface area contributed by atoms with E-state index in [1.165, 1.54) is 5.56 Å². The molecule has 1 aliphatic heterocycles. The van der Waals surface area contributed by atoms with Crippen LogP contribution in [0.3, 0.4) is 0 Å². The van der Waals surface area contributed by atoms with Crippen LogP contribution in [0, 0.1) is 11.3 Å². The van der Waals surface area contributed by atoms with Crippen LogP contribution in [-0.4, -0.2) is 29.6 Å². The van der Waals surface area contributed by atoms with Crippen molar-refractivity contribution >= 4 is 28.9 Å². The minimum atomic E-state index is 0.0939. The summed E-state index contributed by atoms with van der Waals surface area (Å²) >= 11 is 12.6. The van der Waals surface area contributed by atoms with Crippen LogP contribution in [-0.2, 0) is 6.54 Å². The van der Waals surface area contributed by atoms with Gasteiger partial charge < -0.3 is 10.0 Å². The van der Waals surface area contributed by atoms with Gasteiger partial charge in [-0.3, -0.25) is 4.90 Å². The fourth-order valence-corrected chi connectivity index (χ4v) is 4.32. The van der Waals surface area contributed by atoms with E-state index in [0.29, 0.717) is 15.6 Å². The molecule has 3 aromatic carbocycles. The fourth-order valence-electron chi connectivity index (χ4n) is 3.91. The second-order valence-corrected chi connectivity index (χ2v) is 8.28. The molecule has 152 valence electrons. The number of nitrogens with zero attached hydrogens (tertiary/aromatic N) is 3. The van der Waals surface area contributed by atoms with Crippen molar-refractivity contribution in [2.45, 2.75) is 12.6 Å². The van der Waals surface area contributed by atoms with E-state index in [4.69, 9.17) is 28.5 Å². The van der Waals surface area contributed by atoms with Crippen molar-refractivity contribution < 1.29 is 5.11 Å². The molecule has 6 heteroatoms. The number of nitriles is 1. The van der Waals surface area contributed by atoms with Crippen molar-refractivity contribution in [2.24, 2.45) is 0 Å². The van der Waals surface area contributed by atoms with Crippen molar-refractivity contribution in [3.8, 4) is 11.8 Å². The van der Waals surface area contributed by atoms with Gasteiger partial charge in [-0.2, -0.15) is 5.26 Å². The lowest BCUT2D eigenvalue weighted by atomic mass is 10.0. The summed E-state index contributed by atoms with van der Waals surface area (Å²) in [5.41, 5.74) is 3.92. The summed E-state index contributed by atoms with van der Waals surface area (Å²) in [6.45, 7) is 3.31. The molecule has 0 radical (unpaired) electrons. The SMILES string of the molecule is N#Cc1ccc(CN2CCN(c3ccc(O)cc3Cl)[C@H](c3ccc(Cl)cc3)C2)cc1. The molecule has 0 aromatic heterocycles. The van der Waals surface area contributed by atoms with Crippen LogP contribution in [0.4, 0.5) is 5.69 Å². The Morgan fingerprint density at radius 2 is 1.70 bits per heavy atom. The van der Waals surface area contributed by atoms with Crippen LogP contribution >= 0.6 is 23.2 Å². The van der Waals surface area contributed by atoms with Crippen molar-refractivity contribution in [1.82, 2.24) is 4.90 Å². The Morgan fingerprint density at radius 3 is 2.37 bits per heavy atom. The van der Waals surface area contributed by atoms with Gasteiger partial charge in [-0.05, 0) is 47.5 Å². The van der Waals surface area contributed by atoms with Gasteiger partial charge in [0.25, 0.3) is 0 Å². The summed E-state index contributed by atoms with van der Waals surface area (Å²) in [6, 6.07) is 23.1. The molecule has 0 bridgehead atoms. The van der Waals surface area contributed by atoms with E-state index in [1.807, 2.05) is 42.5 Å². The third-order valence-electron chi connectivity index (χ3n) is 5.45. The number of phenols is 1. The second-order valence-electron chi connectivity index (χ2n) is 7.44. The van der Waals surface area contributed by atoms with E-state index < -0.39 is 0 Å². The fraction of sp³-hybridized carbons (Fsp3) is 0.208. The maximum atomic E-state index is 9.75. The van der Waals surface area contributed by atoms with Gasteiger partial charge >= 0.3 is 0 Å². The molecule has 0 amide bonds. The Kier molecular flexibility index (Phi) is 6.15. The van der Waals surface area contributed by atoms with Crippen molar-refractivity contribution in [2.75, 3.05) is 24.5 Å². The molecule has 1 fully saturated rings. The molecule has 30 heavy (non-hydrogen) atoms. The van der Waals surface area contributed by atoms with E-state index in [9.17, 15) is 5.11 Å². The molecule has 1 N–H and O–H groups in total. The summed E-state index contributed by atoms with van der Waals surface area (Å²) in [5, 5.41) is 20.0. The number of anilines is 1. The molecule has 1 atom stereocenters. The summed E-state index contributed by atoms with van der Waals surface area (Å²) in [7, 11) is 0. The zero-order chi connectivity index (χ0) is 21.1.